The maximum atomic E-state index is 15.0. The van der Waals surface area contributed by atoms with Gasteiger partial charge in [0.25, 0.3) is 0 Å². The van der Waals surface area contributed by atoms with Gasteiger partial charge < -0.3 is 14.2 Å². The molecule has 13 heteroatoms. The van der Waals surface area contributed by atoms with E-state index in [-0.39, 0.29) is 46.4 Å². The lowest BCUT2D eigenvalue weighted by molar-refractivity contribution is -0.122. The zero-order valence-corrected chi connectivity index (χ0v) is 20.5. The first-order valence-corrected chi connectivity index (χ1v) is 12.5. The van der Waals surface area contributed by atoms with Crippen molar-refractivity contribution >= 4 is 46.5 Å². The summed E-state index contributed by atoms with van der Waals surface area (Å²) in [5.74, 6) is -1.88. The van der Waals surface area contributed by atoms with Crippen molar-refractivity contribution in [3.8, 4) is 0 Å². The van der Waals surface area contributed by atoms with Crippen molar-refractivity contribution in [3.63, 3.8) is 0 Å². The highest BCUT2D eigenvalue weighted by atomic mass is 35.5. The third kappa shape index (κ3) is 7.40. The second-order valence-corrected chi connectivity index (χ2v) is 9.95. The number of hydrogen-bond donors (Lipinski definition) is 0. The summed E-state index contributed by atoms with van der Waals surface area (Å²) in [7, 11) is 1.14. The predicted molar refractivity (Wildman–Crippen MR) is 128 cm³/mol. The zero-order chi connectivity index (χ0) is 26.5. The fourth-order valence-corrected chi connectivity index (χ4v) is 5.03. The lowest BCUT2D eigenvalue weighted by atomic mass is 10.00. The van der Waals surface area contributed by atoms with E-state index in [0.29, 0.717) is 24.3 Å². The minimum Gasteiger partial charge on any atom is -0.616 e. The van der Waals surface area contributed by atoms with Crippen LogP contribution >= 0.6 is 11.6 Å². The Hall–Kier alpha value is -2.70. The van der Waals surface area contributed by atoms with Gasteiger partial charge in [-0.3, -0.25) is 4.79 Å². The number of nitrogens with zero attached hydrogens (tertiary/aromatic N) is 3. The lowest BCUT2D eigenvalue weighted by Crippen LogP contribution is -2.39. The standard InChI is InChI=1S/C23H21ClF5N3O3S/c1-35-21(31-30-13-23(27,28)29)15-2-3-16(20(26)10-15)12-32(17-4-5-19(25)18(24)11-17)22(33)14-6-8-36(34)9-7-14/h2-5,10-11,13-14H,6-9,12H2,1H3/b30-13+,31-21-. The molecule has 1 amide bonds. The van der Waals surface area contributed by atoms with Gasteiger partial charge in [0.15, 0.2) is 0 Å². The topological polar surface area (TPSA) is 77.3 Å². The Bertz CT molecular complexity index is 1150. The van der Waals surface area contributed by atoms with Crippen LogP contribution in [0.3, 0.4) is 0 Å². The number of ether oxygens (including phenoxy) is 1. The van der Waals surface area contributed by atoms with Crippen LogP contribution < -0.4 is 4.90 Å². The Labute approximate surface area is 212 Å². The number of methoxy groups -OCH3 is 1. The summed E-state index contributed by atoms with van der Waals surface area (Å²) in [6, 6.07) is 7.37. The minimum absolute atomic E-state index is 0.0236. The van der Waals surface area contributed by atoms with Gasteiger partial charge in [0.2, 0.25) is 11.8 Å². The first-order valence-electron chi connectivity index (χ1n) is 10.6. The highest BCUT2D eigenvalue weighted by molar-refractivity contribution is 7.91. The van der Waals surface area contributed by atoms with Crippen LogP contribution in [0.2, 0.25) is 5.02 Å². The number of rotatable bonds is 6. The summed E-state index contributed by atoms with van der Waals surface area (Å²) in [5, 5.41) is 6.01. The van der Waals surface area contributed by atoms with Crippen LogP contribution in [0.5, 0.6) is 0 Å². The normalized spacial score (nSPS) is 18.9. The summed E-state index contributed by atoms with van der Waals surface area (Å²) >= 11 is 4.91. The number of benzene rings is 2. The van der Waals surface area contributed by atoms with E-state index >= 15 is 4.39 Å². The SMILES string of the molecule is CO/C(=N\N=C\C(F)(F)F)c1ccc(CN(C(=O)C2CC[S+]([O-])CC2)c2ccc(F)c(Cl)c2)c(F)c1. The van der Waals surface area contributed by atoms with Crippen molar-refractivity contribution in [2.75, 3.05) is 23.5 Å². The van der Waals surface area contributed by atoms with E-state index in [9.17, 15) is 26.9 Å². The van der Waals surface area contributed by atoms with Crippen molar-refractivity contribution in [1.29, 1.82) is 0 Å². The lowest BCUT2D eigenvalue weighted by Gasteiger charge is -2.30. The number of carbonyl (C=O) groups excluding carboxylic acids is 1. The van der Waals surface area contributed by atoms with Crippen LogP contribution in [-0.4, -0.2) is 47.4 Å². The Morgan fingerprint density at radius 3 is 2.47 bits per heavy atom. The molecule has 1 fully saturated rings. The Morgan fingerprint density at radius 2 is 1.89 bits per heavy atom. The molecule has 0 aliphatic carbocycles. The molecule has 0 N–H and O–H groups in total. The summed E-state index contributed by atoms with van der Waals surface area (Å²) in [5.41, 5.74) is 0.346. The average molecular weight is 550 g/mol. The van der Waals surface area contributed by atoms with E-state index in [4.69, 9.17) is 16.3 Å². The predicted octanol–water partition coefficient (Wildman–Crippen LogP) is 5.25. The third-order valence-electron chi connectivity index (χ3n) is 5.39. The van der Waals surface area contributed by atoms with E-state index in [1.807, 2.05) is 0 Å². The molecule has 3 rings (SSSR count). The van der Waals surface area contributed by atoms with Crippen LogP contribution in [0, 0.1) is 17.6 Å². The van der Waals surface area contributed by atoms with Gasteiger partial charge in [-0.15, -0.1) is 5.10 Å². The average Bonchev–Trinajstić information content (AvgIpc) is 2.82. The number of amides is 1. The van der Waals surface area contributed by atoms with Crippen molar-refractivity contribution in [3.05, 3.63) is 64.2 Å². The molecule has 0 radical (unpaired) electrons. The molecule has 2 aromatic carbocycles. The Kier molecular flexibility index (Phi) is 9.31. The van der Waals surface area contributed by atoms with Gasteiger partial charge in [0.05, 0.1) is 18.7 Å². The van der Waals surface area contributed by atoms with E-state index < -0.39 is 34.9 Å². The highest BCUT2D eigenvalue weighted by Crippen LogP contribution is 2.29. The second-order valence-electron chi connectivity index (χ2n) is 7.85. The van der Waals surface area contributed by atoms with E-state index in [1.54, 1.807) is 0 Å². The maximum Gasteiger partial charge on any atom is 0.428 e. The van der Waals surface area contributed by atoms with Crippen molar-refractivity contribution in [1.82, 2.24) is 0 Å². The second kappa shape index (κ2) is 12.0. The van der Waals surface area contributed by atoms with Crippen molar-refractivity contribution in [2.45, 2.75) is 25.6 Å². The quantitative estimate of drug-likeness (QED) is 0.162. The van der Waals surface area contributed by atoms with Gasteiger partial charge >= 0.3 is 6.18 Å². The number of carbonyl (C=O) groups is 1. The van der Waals surface area contributed by atoms with Gasteiger partial charge in [-0.1, -0.05) is 28.8 Å². The molecule has 2 aromatic rings. The fourth-order valence-electron chi connectivity index (χ4n) is 3.55. The van der Waals surface area contributed by atoms with Crippen LogP contribution in [-0.2, 0) is 27.3 Å². The fraction of sp³-hybridized carbons (Fsp3) is 0.348. The monoisotopic (exact) mass is 549 g/mol. The van der Waals surface area contributed by atoms with E-state index in [2.05, 4.69) is 10.2 Å². The molecule has 0 atom stereocenters. The van der Waals surface area contributed by atoms with Crippen LogP contribution in [0.15, 0.2) is 46.6 Å². The summed E-state index contributed by atoms with van der Waals surface area (Å²) in [4.78, 5) is 14.6. The highest BCUT2D eigenvalue weighted by Gasteiger charge is 2.32. The van der Waals surface area contributed by atoms with Gasteiger partial charge in [0.1, 0.15) is 29.4 Å². The first kappa shape index (κ1) is 27.9. The van der Waals surface area contributed by atoms with Gasteiger partial charge in [-0.25, -0.2) is 8.78 Å². The van der Waals surface area contributed by atoms with Crippen LogP contribution in [0.25, 0.3) is 0 Å². The molecule has 1 saturated heterocycles. The van der Waals surface area contributed by atoms with Gasteiger partial charge in [-0.05, 0) is 30.3 Å². The Balaban J connectivity index is 1.90. The van der Waals surface area contributed by atoms with Gasteiger partial charge in [-0.2, -0.15) is 18.3 Å². The summed E-state index contributed by atoms with van der Waals surface area (Å²) in [6.45, 7) is -0.238. The molecule has 0 bridgehead atoms. The first-order chi connectivity index (χ1) is 17.0. The Morgan fingerprint density at radius 1 is 1.19 bits per heavy atom. The number of halogens is 6. The summed E-state index contributed by atoms with van der Waals surface area (Å²) in [6.07, 6.45) is -4.23. The molecule has 0 saturated carbocycles. The van der Waals surface area contributed by atoms with E-state index in [0.717, 1.165) is 19.2 Å². The molecular weight excluding hydrogens is 529 g/mol. The molecule has 1 aliphatic heterocycles. The molecule has 194 valence electrons. The number of anilines is 1. The maximum absolute atomic E-state index is 15.0. The minimum atomic E-state index is -4.68. The largest absolute Gasteiger partial charge is 0.616 e. The zero-order valence-electron chi connectivity index (χ0n) is 18.9. The van der Waals surface area contributed by atoms with E-state index in [1.165, 1.54) is 29.2 Å². The van der Waals surface area contributed by atoms with Crippen molar-refractivity contribution in [2.24, 2.45) is 16.1 Å². The summed E-state index contributed by atoms with van der Waals surface area (Å²) < 4.78 is 82.2. The van der Waals surface area contributed by atoms with Crippen molar-refractivity contribution < 1.29 is 36.0 Å². The molecule has 0 unspecified atom stereocenters. The molecule has 6 nitrogen and oxygen atoms in total. The molecular formula is C23H21ClF5N3O3S. The number of alkyl halides is 3. The molecule has 0 aromatic heterocycles. The molecule has 36 heavy (non-hydrogen) atoms. The number of hydrogen-bond acceptors (Lipinski definition) is 5. The molecule has 1 aliphatic rings. The van der Waals surface area contributed by atoms with Gasteiger partial charge in [0, 0.05) is 35.6 Å². The smallest absolute Gasteiger partial charge is 0.428 e. The third-order valence-corrected chi connectivity index (χ3v) is 7.06. The molecule has 0 spiro atoms. The molecule has 1 heterocycles. The van der Waals surface area contributed by atoms with Crippen LogP contribution in [0.1, 0.15) is 24.0 Å². The van der Waals surface area contributed by atoms with Crippen LogP contribution in [0.4, 0.5) is 27.6 Å².